The van der Waals surface area contributed by atoms with E-state index < -0.39 is 0 Å². The van der Waals surface area contributed by atoms with E-state index >= 15 is 0 Å². The van der Waals surface area contributed by atoms with Crippen LogP contribution in [0.25, 0.3) is 0 Å². The van der Waals surface area contributed by atoms with Crippen molar-refractivity contribution in [2.75, 3.05) is 20.6 Å². The van der Waals surface area contributed by atoms with Gasteiger partial charge >= 0.3 is 0 Å². The molecule has 1 heterocycles. The van der Waals surface area contributed by atoms with Gasteiger partial charge < -0.3 is 9.47 Å². The van der Waals surface area contributed by atoms with Crippen molar-refractivity contribution in [2.45, 2.75) is 26.8 Å². The summed E-state index contributed by atoms with van der Waals surface area (Å²) in [5.41, 5.74) is 0. The quantitative estimate of drug-likeness (QED) is 0.779. The van der Waals surface area contributed by atoms with Crippen LogP contribution >= 0.6 is 12.2 Å². The second-order valence-electron chi connectivity index (χ2n) is 4.50. The molecule has 1 rings (SSSR count). The fourth-order valence-electron chi connectivity index (χ4n) is 1.42. The van der Waals surface area contributed by atoms with Gasteiger partial charge in [0.25, 0.3) is 0 Å². The second kappa shape index (κ2) is 5.42. The highest BCUT2D eigenvalue weighted by Crippen LogP contribution is 2.04. The molecule has 5 heteroatoms. The summed E-state index contributed by atoms with van der Waals surface area (Å²) in [6.07, 6.45) is 0.937. The molecule has 15 heavy (non-hydrogen) atoms. The van der Waals surface area contributed by atoms with Crippen molar-refractivity contribution < 1.29 is 0 Å². The third kappa shape index (κ3) is 3.76. The molecule has 0 saturated carbocycles. The largest absolute Gasteiger partial charge is 0.309 e. The molecule has 1 N–H and O–H groups in total. The molecule has 0 unspecified atom stereocenters. The monoisotopic (exact) mass is 228 g/mol. The average molecular weight is 228 g/mol. The fraction of sp³-hybridized carbons (Fsp3) is 0.800. The maximum absolute atomic E-state index is 5.20. The number of H-pyrrole nitrogens is 1. The molecule has 0 aliphatic carbocycles. The van der Waals surface area contributed by atoms with E-state index in [1.165, 1.54) is 0 Å². The Hall–Kier alpha value is -0.680. The van der Waals surface area contributed by atoms with Gasteiger partial charge in [0.2, 0.25) is 0 Å². The molecule has 0 atom stereocenters. The van der Waals surface area contributed by atoms with E-state index in [-0.39, 0.29) is 0 Å². The molecule has 1 aromatic heterocycles. The van der Waals surface area contributed by atoms with Crippen molar-refractivity contribution in [3.05, 3.63) is 10.6 Å². The summed E-state index contributed by atoms with van der Waals surface area (Å²) in [6, 6.07) is 0. The zero-order chi connectivity index (χ0) is 11.4. The number of likely N-dealkylation sites (N-methyl/N-ethyl adjacent to an activating group) is 1. The Morgan fingerprint density at radius 2 is 2.13 bits per heavy atom. The summed E-state index contributed by atoms with van der Waals surface area (Å²) >= 11 is 5.20. The van der Waals surface area contributed by atoms with Crippen LogP contribution in [-0.4, -0.2) is 40.3 Å². The highest BCUT2D eigenvalue weighted by atomic mass is 32.1. The Morgan fingerprint density at radius 3 is 2.67 bits per heavy atom. The Balaban J connectivity index is 2.75. The van der Waals surface area contributed by atoms with E-state index in [0.717, 1.165) is 30.1 Å². The first-order valence-corrected chi connectivity index (χ1v) is 5.70. The van der Waals surface area contributed by atoms with Crippen LogP contribution in [0.1, 0.15) is 19.7 Å². The summed E-state index contributed by atoms with van der Waals surface area (Å²) in [7, 11) is 4.13. The first-order valence-electron chi connectivity index (χ1n) is 5.29. The van der Waals surface area contributed by atoms with Crippen molar-refractivity contribution in [3.8, 4) is 0 Å². The van der Waals surface area contributed by atoms with Crippen LogP contribution in [0, 0.1) is 10.7 Å². The highest BCUT2D eigenvalue weighted by Gasteiger charge is 2.07. The minimum absolute atomic E-state index is 0.590. The van der Waals surface area contributed by atoms with Gasteiger partial charge in [0.15, 0.2) is 4.77 Å². The van der Waals surface area contributed by atoms with Gasteiger partial charge in [-0.25, -0.2) is 0 Å². The van der Waals surface area contributed by atoms with E-state index in [1.54, 1.807) is 0 Å². The summed E-state index contributed by atoms with van der Waals surface area (Å²) in [5, 5.41) is 7.12. The van der Waals surface area contributed by atoms with Crippen molar-refractivity contribution >= 4 is 12.2 Å². The van der Waals surface area contributed by atoms with Gasteiger partial charge in [0.05, 0.1) is 0 Å². The third-order valence-electron chi connectivity index (χ3n) is 2.17. The fourth-order valence-corrected chi connectivity index (χ4v) is 1.64. The lowest BCUT2D eigenvalue weighted by Crippen LogP contribution is -2.18. The predicted molar refractivity (Wildman–Crippen MR) is 64.5 cm³/mol. The summed E-state index contributed by atoms with van der Waals surface area (Å²) < 4.78 is 2.83. The van der Waals surface area contributed by atoms with Crippen LogP contribution in [0.4, 0.5) is 0 Å². The predicted octanol–water partition coefficient (Wildman–Crippen LogP) is 1.70. The van der Waals surface area contributed by atoms with Gasteiger partial charge in [-0.3, -0.25) is 5.10 Å². The molecule has 0 aromatic carbocycles. The Bertz CT molecular complexity index is 351. The Kier molecular flexibility index (Phi) is 4.47. The van der Waals surface area contributed by atoms with Gasteiger partial charge in [-0.2, -0.15) is 5.10 Å². The van der Waals surface area contributed by atoms with Gasteiger partial charge in [-0.15, -0.1) is 0 Å². The number of nitrogens with zero attached hydrogens (tertiary/aromatic N) is 3. The second-order valence-corrected chi connectivity index (χ2v) is 4.89. The first-order chi connectivity index (χ1) is 7.00. The smallest absolute Gasteiger partial charge is 0.195 e. The number of hydrogen-bond donors (Lipinski definition) is 1. The average Bonchev–Trinajstić information content (AvgIpc) is 2.44. The molecule has 0 spiro atoms. The maximum Gasteiger partial charge on any atom is 0.195 e. The lowest BCUT2D eigenvalue weighted by atomic mass is 10.2. The highest BCUT2D eigenvalue weighted by molar-refractivity contribution is 7.71. The minimum atomic E-state index is 0.590. The molecule has 0 aliphatic heterocycles. The van der Waals surface area contributed by atoms with Crippen LogP contribution in [-0.2, 0) is 13.0 Å². The summed E-state index contributed by atoms with van der Waals surface area (Å²) in [6.45, 7) is 6.31. The lowest BCUT2D eigenvalue weighted by molar-refractivity contribution is 0.401. The molecule has 0 bridgehead atoms. The van der Waals surface area contributed by atoms with E-state index in [9.17, 15) is 0 Å². The normalized spacial score (nSPS) is 11.6. The molecule has 86 valence electrons. The zero-order valence-electron chi connectivity index (χ0n) is 9.95. The molecule has 0 radical (unpaired) electrons. The van der Waals surface area contributed by atoms with Gasteiger partial charge in [0, 0.05) is 19.5 Å². The van der Waals surface area contributed by atoms with E-state index in [2.05, 4.69) is 47.6 Å². The van der Waals surface area contributed by atoms with Crippen molar-refractivity contribution in [1.29, 1.82) is 0 Å². The molecular formula is C10H20N4S. The van der Waals surface area contributed by atoms with Crippen molar-refractivity contribution in [2.24, 2.45) is 5.92 Å². The van der Waals surface area contributed by atoms with E-state index in [0.29, 0.717) is 5.92 Å². The number of hydrogen-bond acceptors (Lipinski definition) is 3. The van der Waals surface area contributed by atoms with Gasteiger partial charge in [-0.1, -0.05) is 13.8 Å². The summed E-state index contributed by atoms with van der Waals surface area (Å²) in [4.78, 5) is 2.15. The van der Waals surface area contributed by atoms with Crippen molar-refractivity contribution in [3.63, 3.8) is 0 Å². The Labute approximate surface area is 96.3 Å². The number of aromatic nitrogens is 3. The molecule has 0 amide bonds. The topological polar surface area (TPSA) is 36.9 Å². The molecular weight excluding hydrogens is 208 g/mol. The van der Waals surface area contributed by atoms with Crippen molar-refractivity contribution in [1.82, 2.24) is 19.7 Å². The van der Waals surface area contributed by atoms with E-state index in [1.807, 2.05) is 0 Å². The first kappa shape index (κ1) is 12.4. The molecule has 0 fully saturated rings. The number of rotatable bonds is 5. The molecule has 0 aliphatic rings. The standard InChI is InChI=1S/C10H20N4S/c1-8(2)7-14-9(5-6-13(3)4)11-12-10(14)15/h8H,5-7H2,1-4H3,(H,12,15). The van der Waals surface area contributed by atoms with Crippen LogP contribution < -0.4 is 0 Å². The molecule has 0 saturated heterocycles. The van der Waals surface area contributed by atoms with Gasteiger partial charge in [0.1, 0.15) is 5.82 Å². The molecule has 4 nitrogen and oxygen atoms in total. The SMILES string of the molecule is CC(C)Cn1c(CCN(C)C)n[nH]c1=S. The van der Waals surface area contributed by atoms with Gasteiger partial charge in [-0.05, 0) is 32.2 Å². The zero-order valence-corrected chi connectivity index (χ0v) is 10.8. The van der Waals surface area contributed by atoms with Crippen LogP contribution in [0.2, 0.25) is 0 Å². The Morgan fingerprint density at radius 1 is 1.47 bits per heavy atom. The molecule has 1 aromatic rings. The maximum atomic E-state index is 5.20. The minimum Gasteiger partial charge on any atom is -0.309 e. The van der Waals surface area contributed by atoms with E-state index in [4.69, 9.17) is 12.2 Å². The van der Waals surface area contributed by atoms with Crippen LogP contribution in [0.3, 0.4) is 0 Å². The lowest BCUT2D eigenvalue weighted by Gasteiger charge is -2.11. The van der Waals surface area contributed by atoms with Crippen LogP contribution in [0.15, 0.2) is 0 Å². The van der Waals surface area contributed by atoms with Crippen LogP contribution in [0.5, 0.6) is 0 Å². The third-order valence-corrected chi connectivity index (χ3v) is 2.48. The number of aromatic amines is 1. The summed E-state index contributed by atoms with van der Waals surface area (Å²) in [5.74, 6) is 1.65. The number of nitrogens with one attached hydrogen (secondary N) is 1.